The molecule has 1 saturated carbocycles. The third-order valence-corrected chi connectivity index (χ3v) is 5.72. The van der Waals surface area contributed by atoms with Crippen molar-refractivity contribution >= 4 is 5.97 Å². The number of halogens is 4. The molecule has 0 aliphatic heterocycles. The third kappa shape index (κ3) is 3.68. The van der Waals surface area contributed by atoms with Gasteiger partial charge in [-0.15, -0.1) is 0 Å². The van der Waals surface area contributed by atoms with Crippen molar-refractivity contribution in [1.29, 1.82) is 0 Å². The van der Waals surface area contributed by atoms with E-state index in [1.54, 1.807) is 12.4 Å². The van der Waals surface area contributed by atoms with E-state index in [4.69, 9.17) is 4.74 Å². The molecule has 1 aliphatic rings. The lowest BCUT2D eigenvalue weighted by Crippen LogP contribution is -2.16. The van der Waals surface area contributed by atoms with E-state index in [1.807, 2.05) is 34.6 Å². The number of benzene rings is 1. The number of hydrogen-bond acceptors (Lipinski definition) is 4. The molecule has 1 aromatic carbocycles. The van der Waals surface area contributed by atoms with Gasteiger partial charge in [0.05, 0.1) is 11.5 Å². The van der Waals surface area contributed by atoms with Gasteiger partial charge in [0, 0.05) is 29.3 Å². The number of aromatic nitrogens is 2. The Bertz CT molecular complexity index is 969. The molecular weight excluding hydrogens is 400 g/mol. The highest BCUT2D eigenvalue weighted by Gasteiger charge is 2.63. The maximum Gasteiger partial charge on any atom is 0.310 e. The van der Waals surface area contributed by atoms with Crippen LogP contribution >= 0.6 is 0 Å². The molecule has 3 rings (SSSR count). The lowest BCUT2D eigenvalue weighted by molar-refractivity contribution is -0.147. The molecule has 2 atom stereocenters. The van der Waals surface area contributed by atoms with Gasteiger partial charge in [0.1, 0.15) is 12.4 Å². The van der Waals surface area contributed by atoms with E-state index >= 15 is 0 Å². The van der Waals surface area contributed by atoms with Crippen LogP contribution in [-0.4, -0.2) is 15.9 Å². The summed E-state index contributed by atoms with van der Waals surface area (Å²) in [6, 6.07) is 0. The van der Waals surface area contributed by atoms with Gasteiger partial charge in [0.15, 0.2) is 23.3 Å². The minimum atomic E-state index is -1.56. The fourth-order valence-electron chi connectivity index (χ4n) is 3.73. The lowest BCUT2D eigenvalue weighted by Gasteiger charge is -2.16. The maximum atomic E-state index is 14.0. The molecule has 0 bridgehead atoms. The molecule has 0 amide bonds. The quantitative estimate of drug-likeness (QED) is 0.388. The zero-order valence-electron chi connectivity index (χ0n) is 17.7. The summed E-state index contributed by atoms with van der Waals surface area (Å²) in [5, 5.41) is 0. The Morgan fingerprint density at radius 2 is 1.53 bits per heavy atom. The van der Waals surface area contributed by atoms with E-state index < -0.39 is 58.3 Å². The van der Waals surface area contributed by atoms with Crippen LogP contribution in [0.2, 0.25) is 0 Å². The molecule has 1 aliphatic carbocycles. The molecule has 30 heavy (non-hydrogen) atoms. The average molecular weight is 424 g/mol. The van der Waals surface area contributed by atoms with Crippen LogP contribution in [0.1, 0.15) is 63.1 Å². The SMILES string of the molecule is Cc1c(F)c(F)c(COC(=O)[C@H]2[C@H](c3cnc(C(C)(C)C)nc3)C2(C)C)c(F)c1F. The molecule has 0 N–H and O–H groups in total. The van der Waals surface area contributed by atoms with Crippen molar-refractivity contribution in [1.82, 2.24) is 9.97 Å². The highest BCUT2D eigenvalue weighted by atomic mass is 19.2. The molecule has 1 heterocycles. The molecule has 1 aromatic heterocycles. The summed E-state index contributed by atoms with van der Waals surface area (Å²) < 4.78 is 60.5. The van der Waals surface area contributed by atoms with Gasteiger partial charge < -0.3 is 4.74 Å². The molecule has 0 saturated heterocycles. The van der Waals surface area contributed by atoms with E-state index in [1.165, 1.54) is 0 Å². The topological polar surface area (TPSA) is 52.1 Å². The zero-order chi connectivity index (χ0) is 22.6. The van der Waals surface area contributed by atoms with Crippen molar-refractivity contribution in [2.75, 3.05) is 0 Å². The van der Waals surface area contributed by atoms with E-state index in [0.29, 0.717) is 5.82 Å². The summed E-state index contributed by atoms with van der Waals surface area (Å²) in [5.74, 6) is -6.98. The predicted molar refractivity (Wildman–Crippen MR) is 102 cm³/mol. The van der Waals surface area contributed by atoms with Crippen LogP contribution in [-0.2, 0) is 21.6 Å². The number of carbonyl (C=O) groups is 1. The number of ether oxygens (including phenoxy) is 1. The van der Waals surface area contributed by atoms with Crippen LogP contribution in [0.25, 0.3) is 0 Å². The van der Waals surface area contributed by atoms with Gasteiger partial charge in [-0.05, 0) is 17.9 Å². The van der Waals surface area contributed by atoms with Crippen molar-refractivity contribution in [3.05, 3.63) is 58.2 Å². The molecule has 0 unspecified atom stereocenters. The fourth-order valence-corrected chi connectivity index (χ4v) is 3.73. The Balaban J connectivity index is 1.76. The number of hydrogen-bond donors (Lipinski definition) is 0. The summed E-state index contributed by atoms with van der Waals surface area (Å²) >= 11 is 0. The summed E-state index contributed by atoms with van der Waals surface area (Å²) in [6.07, 6.45) is 3.33. The molecule has 1 fully saturated rings. The molecule has 0 spiro atoms. The van der Waals surface area contributed by atoms with Gasteiger partial charge in [-0.2, -0.15) is 0 Å². The average Bonchev–Trinajstić information content (AvgIpc) is 3.26. The lowest BCUT2D eigenvalue weighted by atomic mass is 9.95. The van der Waals surface area contributed by atoms with Gasteiger partial charge in [0.25, 0.3) is 0 Å². The van der Waals surface area contributed by atoms with Gasteiger partial charge in [-0.25, -0.2) is 27.5 Å². The van der Waals surface area contributed by atoms with Crippen LogP contribution in [0, 0.1) is 41.5 Å². The number of rotatable bonds is 4. The Hall–Kier alpha value is -2.51. The molecule has 162 valence electrons. The summed E-state index contributed by atoms with van der Waals surface area (Å²) in [6.45, 7) is 9.69. The smallest absolute Gasteiger partial charge is 0.310 e. The number of nitrogens with zero attached hydrogens (tertiary/aromatic N) is 2. The second kappa shape index (κ2) is 7.32. The van der Waals surface area contributed by atoms with Gasteiger partial charge in [0.2, 0.25) is 0 Å². The Labute approximate surface area is 172 Å². The monoisotopic (exact) mass is 424 g/mol. The van der Waals surface area contributed by atoms with Gasteiger partial charge >= 0.3 is 5.97 Å². The molecule has 4 nitrogen and oxygen atoms in total. The van der Waals surface area contributed by atoms with Crippen molar-refractivity contribution < 1.29 is 27.1 Å². The van der Waals surface area contributed by atoms with Crippen molar-refractivity contribution in [3.63, 3.8) is 0 Å². The fraction of sp³-hybridized carbons (Fsp3) is 0.500. The summed E-state index contributed by atoms with van der Waals surface area (Å²) in [4.78, 5) is 21.3. The highest BCUT2D eigenvalue weighted by Crippen LogP contribution is 2.64. The highest BCUT2D eigenvalue weighted by molar-refractivity contribution is 5.79. The van der Waals surface area contributed by atoms with Crippen LogP contribution in [0.15, 0.2) is 12.4 Å². The summed E-state index contributed by atoms with van der Waals surface area (Å²) in [7, 11) is 0. The molecule has 2 aromatic rings. The van der Waals surface area contributed by atoms with Crippen LogP contribution < -0.4 is 0 Å². The van der Waals surface area contributed by atoms with Crippen molar-refractivity contribution in [3.8, 4) is 0 Å². The van der Waals surface area contributed by atoms with E-state index in [9.17, 15) is 22.4 Å². The Morgan fingerprint density at radius 3 is 2.00 bits per heavy atom. The van der Waals surface area contributed by atoms with Crippen LogP contribution in [0.3, 0.4) is 0 Å². The van der Waals surface area contributed by atoms with Crippen LogP contribution in [0.4, 0.5) is 17.6 Å². The number of esters is 1. The van der Waals surface area contributed by atoms with Gasteiger partial charge in [-0.3, -0.25) is 4.79 Å². The standard InChI is InChI=1S/C22H24F4N2O2/c1-10-15(23)17(25)12(18(26)16(10)24)9-30-19(29)14-13(22(14,5)6)11-7-27-20(28-8-11)21(2,3)4/h7-8,13-14H,9H2,1-6H3/t13-,14+/m0/s1. The van der Waals surface area contributed by atoms with Crippen LogP contribution in [0.5, 0.6) is 0 Å². The number of carbonyl (C=O) groups excluding carboxylic acids is 1. The second-order valence-electron chi connectivity index (χ2n) is 9.33. The first-order chi connectivity index (χ1) is 13.8. The molecule has 0 radical (unpaired) electrons. The predicted octanol–water partition coefficient (Wildman–Crippen LogP) is 5.12. The minimum Gasteiger partial charge on any atom is -0.460 e. The van der Waals surface area contributed by atoms with Crippen molar-refractivity contribution in [2.45, 2.75) is 59.5 Å². The summed E-state index contributed by atoms with van der Waals surface area (Å²) in [5.41, 5.74) is -1.66. The zero-order valence-corrected chi connectivity index (χ0v) is 17.7. The first-order valence-electron chi connectivity index (χ1n) is 9.59. The Kier molecular flexibility index (Phi) is 5.41. The van der Waals surface area contributed by atoms with E-state index in [-0.39, 0.29) is 11.3 Å². The second-order valence-corrected chi connectivity index (χ2v) is 9.33. The molecular formula is C22H24F4N2O2. The minimum absolute atomic E-state index is 0.220. The van der Waals surface area contributed by atoms with E-state index in [0.717, 1.165) is 12.5 Å². The van der Waals surface area contributed by atoms with Crippen molar-refractivity contribution in [2.24, 2.45) is 11.3 Å². The third-order valence-electron chi connectivity index (χ3n) is 5.72. The first kappa shape index (κ1) is 22.2. The maximum absolute atomic E-state index is 14.0. The normalized spacial score (nSPS) is 20.2. The van der Waals surface area contributed by atoms with E-state index in [2.05, 4.69) is 9.97 Å². The molecule has 8 heteroatoms. The Morgan fingerprint density at radius 1 is 1.03 bits per heavy atom. The largest absolute Gasteiger partial charge is 0.460 e. The van der Waals surface area contributed by atoms with Gasteiger partial charge in [-0.1, -0.05) is 34.6 Å². The first-order valence-corrected chi connectivity index (χ1v) is 9.59.